The van der Waals surface area contributed by atoms with Crippen molar-refractivity contribution in [3.05, 3.63) is 0 Å². The summed E-state index contributed by atoms with van der Waals surface area (Å²) in [4.78, 5) is 16.3. The van der Waals surface area contributed by atoms with Gasteiger partial charge in [-0.3, -0.25) is 4.79 Å². The maximum absolute atomic E-state index is 12.0. The van der Waals surface area contributed by atoms with Gasteiger partial charge >= 0.3 is 0 Å². The smallest absolute Gasteiger partial charge is 0.222 e. The maximum atomic E-state index is 12.0. The van der Waals surface area contributed by atoms with Crippen LogP contribution in [0.3, 0.4) is 0 Å². The first-order valence-electron chi connectivity index (χ1n) is 6.78. The molecule has 0 aromatic rings. The van der Waals surface area contributed by atoms with Crippen molar-refractivity contribution in [3.63, 3.8) is 0 Å². The number of likely N-dealkylation sites (tertiary alicyclic amines) is 1. The van der Waals surface area contributed by atoms with E-state index in [1.807, 2.05) is 11.9 Å². The predicted octanol–water partition coefficient (Wildman–Crippen LogP) is 0.396. The molecule has 0 saturated carbocycles. The molecule has 98 valence electrons. The van der Waals surface area contributed by atoms with Gasteiger partial charge in [0.1, 0.15) is 0 Å². The molecule has 0 spiro atoms. The molecule has 2 aliphatic heterocycles. The van der Waals surface area contributed by atoms with Crippen LogP contribution in [0.2, 0.25) is 0 Å². The zero-order chi connectivity index (χ0) is 12.3. The van der Waals surface area contributed by atoms with Gasteiger partial charge in [-0.15, -0.1) is 0 Å². The number of carbonyl (C=O) groups is 1. The van der Waals surface area contributed by atoms with Crippen LogP contribution in [0.4, 0.5) is 0 Å². The number of piperidine rings is 1. The van der Waals surface area contributed by atoms with Gasteiger partial charge in [-0.1, -0.05) is 0 Å². The molecule has 2 heterocycles. The molecule has 2 fully saturated rings. The molecule has 0 radical (unpaired) electrons. The van der Waals surface area contributed by atoms with Crippen molar-refractivity contribution in [2.75, 3.05) is 46.8 Å². The van der Waals surface area contributed by atoms with Crippen molar-refractivity contribution in [2.45, 2.75) is 19.3 Å². The van der Waals surface area contributed by atoms with E-state index in [1.165, 1.54) is 25.9 Å². The molecule has 0 unspecified atom stereocenters. The van der Waals surface area contributed by atoms with E-state index in [-0.39, 0.29) is 0 Å². The van der Waals surface area contributed by atoms with Gasteiger partial charge in [0.2, 0.25) is 5.91 Å². The fraction of sp³-hybridized carbons (Fsp3) is 0.923. The Kier molecular flexibility index (Phi) is 4.40. The number of hydrogen-bond donors (Lipinski definition) is 1. The lowest BCUT2D eigenvalue weighted by Crippen LogP contribution is -2.45. The number of amides is 1. The van der Waals surface area contributed by atoms with Gasteiger partial charge < -0.3 is 15.1 Å². The van der Waals surface area contributed by atoms with E-state index < -0.39 is 0 Å². The van der Waals surface area contributed by atoms with E-state index in [0.29, 0.717) is 17.7 Å². The van der Waals surface area contributed by atoms with Gasteiger partial charge in [-0.25, -0.2) is 0 Å². The van der Waals surface area contributed by atoms with E-state index in [0.717, 1.165) is 26.1 Å². The zero-order valence-corrected chi connectivity index (χ0v) is 11.1. The minimum Gasteiger partial charge on any atom is -0.345 e. The number of nitrogens with zero attached hydrogens (tertiary/aromatic N) is 2. The lowest BCUT2D eigenvalue weighted by molar-refractivity contribution is -0.132. The first kappa shape index (κ1) is 12.8. The highest BCUT2D eigenvalue weighted by molar-refractivity contribution is 5.76. The summed E-state index contributed by atoms with van der Waals surface area (Å²) in [7, 11) is 4.14. The van der Waals surface area contributed by atoms with Gasteiger partial charge in [0, 0.05) is 20.0 Å². The Morgan fingerprint density at radius 3 is 2.47 bits per heavy atom. The summed E-state index contributed by atoms with van der Waals surface area (Å²) in [6, 6.07) is 0. The summed E-state index contributed by atoms with van der Waals surface area (Å²) in [5, 5.41) is 3.22. The van der Waals surface area contributed by atoms with Crippen LogP contribution >= 0.6 is 0 Å². The van der Waals surface area contributed by atoms with Crippen molar-refractivity contribution in [3.8, 4) is 0 Å². The van der Waals surface area contributed by atoms with Crippen LogP contribution in [0.15, 0.2) is 0 Å². The molecular formula is C13H25N3O. The third-order valence-corrected chi connectivity index (χ3v) is 4.13. The Bertz CT molecular complexity index is 257. The molecule has 0 bridgehead atoms. The van der Waals surface area contributed by atoms with E-state index in [9.17, 15) is 4.79 Å². The third kappa shape index (κ3) is 3.68. The molecule has 1 N–H and O–H groups in total. The summed E-state index contributed by atoms with van der Waals surface area (Å²) in [6.45, 7) is 5.35. The average Bonchev–Trinajstić information content (AvgIpc) is 2.26. The molecule has 2 aliphatic rings. The number of carbonyl (C=O) groups excluding carboxylic acids is 1. The Morgan fingerprint density at radius 2 is 1.94 bits per heavy atom. The second-order valence-corrected chi connectivity index (χ2v) is 5.75. The van der Waals surface area contributed by atoms with Crippen molar-refractivity contribution < 1.29 is 4.79 Å². The minimum absolute atomic E-state index is 0.329. The van der Waals surface area contributed by atoms with Crippen molar-refractivity contribution in [2.24, 2.45) is 11.8 Å². The van der Waals surface area contributed by atoms with Crippen molar-refractivity contribution in [1.29, 1.82) is 0 Å². The fourth-order valence-corrected chi connectivity index (χ4v) is 2.63. The Labute approximate surface area is 104 Å². The van der Waals surface area contributed by atoms with Crippen LogP contribution in [-0.4, -0.2) is 62.5 Å². The SMILES string of the molecule is CN1CCC(CN(C)C(=O)CC2CNC2)CC1. The topological polar surface area (TPSA) is 35.6 Å². The molecule has 2 saturated heterocycles. The third-order valence-electron chi connectivity index (χ3n) is 4.13. The molecule has 1 amide bonds. The van der Waals surface area contributed by atoms with Crippen molar-refractivity contribution >= 4 is 5.91 Å². The Balaban J connectivity index is 1.68. The van der Waals surface area contributed by atoms with Gasteiger partial charge in [-0.05, 0) is 57.9 Å². The van der Waals surface area contributed by atoms with Gasteiger partial charge in [0.25, 0.3) is 0 Å². The van der Waals surface area contributed by atoms with Crippen LogP contribution in [-0.2, 0) is 4.79 Å². The molecule has 17 heavy (non-hydrogen) atoms. The molecular weight excluding hydrogens is 214 g/mol. The van der Waals surface area contributed by atoms with E-state index in [4.69, 9.17) is 0 Å². The minimum atomic E-state index is 0.329. The van der Waals surface area contributed by atoms with E-state index in [1.54, 1.807) is 0 Å². The number of rotatable bonds is 4. The van der Waals surface area contributed by atoms with Gasteiger partial charge in [0.15, 0.2) is 0 Å². The summed E-state index contributed by atoms with van der Waals surface area (Å²) in [6.07, 6.45) is 3.20. The standard InChI is InChI=1S/C13H25N3O/c1-15-5-3-11(4-6-15)10-16(2)13(17)7-12-8-14-9-12/h11-12,14H,3-10H2,1-2H3. The number of hydrogen-bond acceptors (Lipinski definition) is 3. The lowest BCUT2D eigenvalue weighted by Gasteiger charge is -2.33. The highest BCUT2D eigenvalue weighted by Crippen LogP contribution is 2.18. The van der Waals surface area contributed by atoms with Crippen LogP contribution in [0.25, 0.3) is 0 Å². The second kappa shape index (κ2) is 5.83. The fourth-order valence-electron chi connectivity index (χ4n) is 2.63. The zero-order valence-electron chi connectivity index (χ0n) is 11.1. The second-order valence-electron chi connectivity index (χ2n) is 5.75. The molecule has 0 aliphatic carbocycles. The Hall–Kier alpha value is -0.610. The quantitative estimate of drug-likeness (QED) is 0.771. The summed E-state index contributed by atoms with van der Waals surface area (Å²) in [5.74, 6) is 1.62. The normalized spacial score (nSPS) is 23.4. The average molecular weight is 239 g/mol. The summed E-state index contributed by atoms with van der Waals surface area (Å²) < 4.78 is 0. The van der Waals surface area contributed by atoms with E-state index >= 15 is 0 Å². The predicted molar refractivity (Wildman–Crippen MR) is 68.8 cm³/mol. The van der Waals surface area contributed by atoms with E-state index in [2.05, 4.69) is 17.3 Å². The van der Waals surface area contributed by atoms with Crippen LogP contribution in [0, 0.1) is 11.8 Å². The Morgan fingerprint density at radius 1 is 1.29 bits per heavy atom. The maximum Gasteiger partial charge on any atom is 0.222 e. The highest BCUT2D eigenvalue weighted by Gasteiger charge is 2.24. The van der Waals surface area contributed by atoms with Crippen LogP contribution in [0.1, 0.15) is 19.3 Å². The molecule has 4 nitrogen and oxygen atoms in total. The van der Waals surface area contributed by atoms with Crippen molar-refractivity contribution in [1.82, 2.24) is 15.1 Å². The molecule has 2 rings (SSSR count). The lowest BCUT2D eigenvalue weighted by atomic mass is 9.95. The number of nitrogens with one attached hydrogen (secondary N) is 1. The molecule has 4 heteroatoms. The van der Waals surface area contributed by atoms with Crippen LogP contribution < -0.4 is 5.32 Å². The molecule has 0 aromatic carbocycles. The molecule has 0 atom stereocenters. The first-order valence-corrected chi connectivity index (χ1v) is 6.78. The summed E-state index contributed by atoms with van der Waals surface area (Å²) >= 11 is 0. The highest BCUT2D eigenvalue weighted by atomic mass is 16.2. The monoisotopic (exact) mass is 239 g/mol. The largest absolute Gasteiger partial charge is 0.345 e. The first-order chi connectivity index (χ1) is 8.15. The van der Waals surface area contributed by atoms with Gasteiger partial charge in [0.05, 0.1) is 0 Å². The van der Waals surface area contributed by atoms with Crippen LogP contribution in [0.5, 0.6) is 0 Å². The van der Waals surface area contributed by atoms with Gasteiger partial charge in [-0.2, -0.15) is 0 Å². The summed E-state index contributed by atoms with van der Waals surface area (Å²) in [5.41, 5.74) is 0. The molecule has 0 aromatic heterocycles.